The van der Waals surface area contributed by atoms with Gasteiger partial charge in [-0.05, 0) is 41.0 Å². The molecule has 1 aliphatic rings. The number of rotatable bonds is 9. The molecule has 12 nitrogen and oxygen atoms in total. The van der Waals surface area contributed by atoms with Crippen LogP contribution in [0.25, 0.3) is 10.9 Å². The van der Waals surface area contributed by atoms with Crippen LogP contribution in [0.2, 0.25) is 0 Å². The van der Waals surface area contributed by atoms with E-state index in [-0.39, 0.29) is 30.7 Å². The summed E-state index contributed by atoms with van der Waals surface area (Å²) in [5.74, 6) is -0.149. The monoisotopic (exact) mass is 653 g/mol. The van der Waals surface area contributed by atoms with Crippen molar-refractivity contribution in [1.82, 2.24) is 9.88 Å². The molecule has 47 heavy (non-hydrogen) atoms. The molecular weight excluding hydrogens is 606 g/mol. The molecule has 1 aromatic heterocycles. The average molecular weight is 654 g/mol. The van der Waals surface area contributed by atoms with Crippen LogP contribution >= 0.6 is 0 Å². The highest BCUT2D eigenvalue weighted by Crippen LogP contribution is 2.40. The van der Waals surface area contributed by atoms with Crippen molar-refractivity contribution in [2.45, 2.75) is 96.7 Å². The molecule has 0 unspecified atom stereocenters. The number of hydrogen-bond acceptors (Lipinski definition) is 9. The van der Waals surface area contributed by atoms with E-state index in [1.807, 2.05) is 54.5 Å². The lowest BCUT2D eigenvalue weighted by Crippen LogP contribution is -2.51. The van der Waals surface area contributed by atoms with Crippen LogP contribution < -0.4 is 15.5 Å². The second-order valence-electron chi connectivity index (χ2n) is 13.9. The Morgan fingerprint density at radius 3 is 2.38 bits per heavy atom. The van der Waals surface area contributed by atoms with E-state index in [2.05, 4.69) is 10.3 Å². The largest absolute Gasteiger partial charge is 0.473 e. The summed E-state index contributed by atoms with van der Waals surface area (Å²) < 4.78 is 17.2. The van der Waals surface area contributed by atoms with Crippen LogP contribution in [0, 0.1) is 0 Å². The molecule has 0 aliphatic carbocycles. The summed E-state index contributed by atoms with van der Waals surface area (Å²) >= 11 is 0. The van der Waals surface area contributed by atoms with Crippen LogP contribution in [-0.2, 0) is 20.3 Å². The first kappa shape index (κ1) is 35.9. The zero-order valence-electron chi connectivity index (χ0n) is 28.1. The molecule has 1 saturated heterocycles. The number of fused-ring (bicyclic) bond motifs is 1. The molecule has 0 radical (unpaired) electrons. The molecule has 0 saturated carbocycles. The molecule has 2 heterocycles. The summed E-state index contributed by atoms with van der Waals surface area (Å²) in [7, 11) is 0. The summed E-state index contributed by atoms with van der Waals surface area (Å²) in [5.41, 5.74) is 1.54. The molecule has 2 amide bonds. The van der Waals surface area contributed by atoms with E-state index in [9.17, 15) is 29.7 Å². The quantitative estimate of drug-likeness (QED) is 0.210. The van der Waals surface area contributed by atoms with Crippen LogP contribution in [0.3, 0.4) is 0 Å². The van der Waals surface area contributed by atoms with Crippen LogP contribution in [0.4, 0.5) is 10.5 Å². The molecular formula is C35H47N3O9. The van der Waals surface area contributed by atoms with Crippen molar-refractivity contribution in [2.24, 2.45) is 0 Å². The molecule has 1 fully saturated rings. The molecule has 4 atom stereocenters. The number of para-hydroxylation sites is 1. The first-order valence-corrected chi connectivity index (χ1v) is 15.9. The van der Waals surface area contributed by atoms with Crippen molar-refractivity contribution >= 4 is 28.6 Å². The van der Waals surface area contributed by atoms with E-state index in [1.165, 1.54) is 11.1 Å². The Balaban J connectivity index is 1.64. The first-order chi connectivity index (χ1) is 22.0. The van der Waals surface area contributed by atoms with Gasteiger partial charge in [0.2, 0.25) is 11.7 Å². The Morgan fingerprint density at radius 2 is 1.74 bits per heavy atom. The lowest BCUT2D eigenvalue weighted by atomic mass is 9.79. The van der Waals surface area contributed by atoms with Gasteiger partial charge in [-0.15, -0.1) is 0 Å². The number of aliphatic hydroxyl groups is 3. The SMILES string of the molecule is CCCN(COc1cc(NC(=O)c2c[nH]c3ccccc3c2=O)c(C(C)(C)C)cc1C(C)(C)C)C(=O)O[C@H]1C[C@@H](O)[C@H](O)[C@@H](CO)O1. The number of anilines is 1. The second kappa shape index (κ2) is 14.4. The van der Waals surface area contributed by atoms with E-state index in [0.29, 0.717) is 28.8 Å². The van der Waals surface area contributed by atoms with Gasteiger partial charge in [-0.3, -0.25) is 14.5 Å². The lowest BCUT2D eigenvalue weighted by molar-refractivity contribution is -0.241. The van der Waals surface area contributed by atoms with Crippen molar-refractivity contribution in [2.75, 3.05) is 25.2 Å². The Bertz CT molecular complexity index is 1640. The van der Waals surface area contributed by atoms with Crippen LogP contribution in [0.15, 0.2) is 47.4 Å². The van der Waals surface area contributed by atoms with Crippen molar-refractivity contribution in [3.63, 3.8) is 0 Å². The van der Waals surface area contributed by atoms with Gasteiger partial charge in [0.1, 0.15) is 23.5 Å². The van der Waals surface area contributed by atoms with E-state index < -0.39 is 54.0 Å². The molecule has 0 bridgehead atoms. The maximum Gasteiger partial charge on any atom is 0.414 e. The Morgan fingerprint density at radius 1 is 1.06 bits per heavy atom. The Labute approximate surface area is 274 Å². The smallest absolute Gasteiger partial charge is 0.414 e. The van der Waals surface area contributed by atoms with E-state index in [4.69, 9.17) is 14.2 Å². The molecule has 1 aliphatic heterocycles. The highest BCUT2D eigenvalue weighted by molar-refractivity contribution is 6.06. The van der Waals surface area contributed by atoms with Gasteiger partial charge >= 0.3 is 6.09 Å². The number of aromatic amines is 1. The summed E-state index contributed by atoms with van der Waals surface area (Å²) in [4.78, 5) is 44.4. The van der Waals surface area contributed by atoms with Gasteiger partial charge in [-0.25, -0.2) is 4.79 Å². The molecule has 4 rings (SSSR count). The number of carbonyl (C=O) groups excluding carboxylic acids is 2. The van der Waals surface area contributed by atoms with Crippen LogP contribution in [0.5, 0.6) is 5.75 Å². The van der Waals surface area contributed by atoms with E-state index in [0.717, 1.165) is 11.1 Å². The maximum atomic E-state index is 13.6. The first-order valence-electron chi connectivity index (χ1n) is 15.9. The number of pyridine rings is 1. The number of amides is 2. The van der Waals surface area contributed by atoms with Crippen molar-refractivity contribution in [1.29, 1.82) is 0 Å². The summed E-state index contributed by atoms with van der Waals surface area (Å²) in [6.45, 7) is 13.6. The van der Waals surface area contributed by atoms with Gasteiger partial charge in [-0.1, -0.05) is 60.6 Å². The molecule has 12 heteroatoms. The molecule has 256 valence electrons. The number of nitrogens with zero attached hydrogens (tertiary/aromatic N) is 1. The second-order valence-corrected chi connectivity index (χ2v) is 13.9. The van der Waals surface area contributed by atoms with Crippen molar-refractivity contribution in [3.05, 3.63) is 69.5 Å². The van der Waals surface area contributed by atoms with Gasteiger partial charge in [0.15, 0.2) is 6.73 Å². The fourth-order valence-electron chi connectivity index (χ4n) is 5.49. The van der Waals surface area contributed by atoms with Gasteiger partial charge < -0.3 is 39.8 Å². The van der Waals surface area contributed by atoms with Crippen molar-refractivity contribution in [3.8, 4) is 5.75 Å². The predicted molar refractivity (Wildman–Crippen MR) is 178 cm³/mol. The number of nitrogens with one attached hydrogen (secondary N) is 2. The lowest BCUT2D eigenvalue weighted by Gasteiger charge is -2.36. The van der Waals surface area contributed by atoms with Gasteiger partial charge in [0, 0.05) is 47.4 Å². The average Bonchev–Trinajstić information content (AvgIpc) is 2.99. The zero-order valence-corrected chi connectivity index (χ0v) is 28.1. The fraction of sp³-hybridized carbons (Fsp3) is 0.514. The van der Waals surface area contributed by atoms with Crippen LogP contribution in [0.1, 0.15) is 82.8 Å². The number of carbonyl (C=O) groups is 2. The van der Waals surface area contributed by atoms with Gasteiger partial charge in [-0.2, -0.15) is 0 Å². The molecule has 0 spiro atoms. The predicted octanol–water partition coefficient (Wildman–Crippen LogP) is 4.39. The minimum absolute atomic E-state index is 0.0335. The summed E-state index contributed by atoms with van der Waals surface area (Å²) in [6.07, 6.45) is -3.72. The minimum Gasteiger partial charge on any atom is -0.473 e. The number of aliphatic hydroxyl groups excluding tert-OH is 3. The highest BCUT2D eigenvalue weighted by atomic mass is 16.7. The van der Waals surface area contributed by atoms with Crippen LogP contribution in [-0.4, -0.2) is 81.7 Å². The fourth-order valence-corrected chi connectivity index (χ4v) is 5.49. The third-order valence-corrected chi connectivity index (χ3v) is 8.09. The number of H-pyrrole nitrogens is 1. The number of hydrogen-bond donors (Lipinski definition) is 5. The Kier molecular flexibility index (Phi) is 11.0. The standard InChI is InChI=1S/C35H47N3O9/c1-8-13-38(33(44)47-29-16-26(40)31(42)28(18-39)46-29)19-45-27-15-25(22(34(2,3)4)14-23(27)35(5,6)7)37-32(43)21-17-36-24-12-10-9-11-20(24)30(21)41/h9-12,14-15,17,26,28-29,31,39-40,42H,8,13,16,18-19H2,1-7H3,(H,36,41)(H,37,43)/t26-,28-,29+,31+/m1/s1. The van der Waals surface area contributed by atoms with E-state index in [1.54, 1.807) is 30.3 Å². The van der Waals surface area contributed by atoms with Crippen molar-refractivity contribution < 1.29 is 39.1 Å². The third-order valence-electron chi connectivity index (χ3n) is 8.09. The highest BCUT2D eigenvalue weighted by Gasteiger charge is 2.39. The third kappa shape index (κ3) is 8.31. The molecule has 5 N–H and O–H groups in total. The number of aromatic nitrogens is 1. The summed E-state index contributed by atoms with van der Waals surface area (Å²) in [6, 6.07) is 10.7. The zero-order chi connectivity index (χ0) is 34.7. The number of benzene rings is 2. The summed E-state index contributed by atoms with van der Waals surface area (Å²) in [5, 5.41) is 33.0. The normalized spacial score (nSPS) is 20.1. The van der Waals surface area contributed by atoms with Gasteiger partial charge in [0.25, 0.3) is 5.91 Å². The molecule has 2 aromatic carbocycles. The molecule has 3 aromatic rings. The minimum atomic E-state index is -1.30. The maximum absolute atomic E-state index is 13.6. The topological polar surface area (TPSA) is 171 Å². The van der Waals surface area contributed by atoms with Gasteiger partial charge in [0.05, 0.1) is 12.7 Å². The van der Waals surface area contributed by atoms with E-state index >= 15 is 0 Å². The number of ether oxygens (including phenoxy) is 3. The Hall–Kier alpha value is -3.97.